The van der Waals surface area contributed by atoms with Gasteiger partial charge in [0.1, 0.15) is 21.8 Å². The molecule has 1 aromatic carbocycles. The summed E-state index contributed by atoms with van der Waals surface area (Å²) in [6.07, 6.45) is 4.63. The van der Waals surface area contributed by atoms with Crippen molar-refractivity contribution in [3.63, 3.8) is 0 Å². The maximum absolute atomic E-state index is 13.8. The van der Waals surface area contributed by atoms with Gasteiger partial charge in [-0.1, -0.05) is 12.1 Å². The lowest BCUT2D eigenvalue weighted by molar-refractivity contribution is 0.0280. The minimum absolute atomic E-state index is 0.0547. The third-order valence-electron chi connectivity index (χ3n) is 7.91. The zero-order valence-corrected chi connectivity index (χ0v) is 32.8. The van der Waals surface area contributed by atoms with Crippen LogP contribution in [0.4, 0.5) is 20.2 Å². The van der Waals surface area contributed by atoms with Crippen LogP contribution < -0.4 is 4.90 Å². The van der Waals surface area contributed by atoms with Gasteiger partial charge in [0.15, 0.2) is 5.82 Å². The number of imide groups is 1. The minimum Gasteiger partial charge on any atom is -0.444 e. The molecule has 0 saturated carbocycles. The first kappa shape index (κ1) is 38.7. The Morgan fingerprint density at radius 2 is 1.46 bits per heavy atom. The van der Waals surface area contributed by atoms with E-state index in [2.05, 4.69) is 5.10 Å². The number of benzene rings is 1. The first-order chi connectivity index (χ1) is 24.2. The number of hydrogen-bond donors (Lipinski definition) is 0. The van der Waals surface area contributed by atoms with Crippen LogP contribution in [0.15, 0.2) is 36.8 Å². The predicted molar refractivity (Wildman–Crippen MR) is 200 cm³/mol. The smallest absolute Gasteiger partial charge is 0.425 e. The van der Waals surface area contributed by atoms with Gasteiger partial charge in [-0.15, -0.1) is 11.3 Å². The fourth-order valence-corrected chi connectivity index (χ4v) is 6.96. The highest BCUT2D eigenvalue weighted by atomic mass is 32.1. The number of carbonyl (C=O) groups is 3. The monoisotopic (exact) mass is 734 g/mol. The van der Waals surface area contributed by atoms with Crippen LogP contribution in [-0.4, -0.2) is 80.0 Å². The Kier molecular flexibility index (Phi) is 11.0. The molecular formula is C38H50N6O7S. The number of carbonyl (C=O) groups excluding carboxylic acids is 3. The Morgan fingerprint density at radius 1 is 0.865 bits per heavy atom. The SMILES string of the molecule is CN(Cc1nc(-c2cnc(N(C(=O)OC(C)(C)C)C(=O)OC(C)(C)C)c3cc(-c4cnn(C)c4)ccc23)sc1C1CCOCC1)C(=O)OC(C)(C)C. The van der Waals surface area contributed by atoms with Gasteiger partial charge in [-0.2, -0.15) is 10.00 Å². The molecule has 13 nitrogen and oxygen atoms in total. The van der Waals surface area contributed by atoms with Gasteiger partial charge in [0.25, 0.3) is 0 Å². The van der Waals surface area contributed by atoms with Crippen molar-refractivity contribution in [3.8, 4) is 21.7 Å². The summed E-state index contributed by atoms with van der Waals surface area (Å²) in [4.78, 5) is 54.0. The number of aromatic nitrogens is 4. The number of anilines is 1. The average molecular weight is 735 g/mol. The molecule has 1 aliphatic heterocycles. The maximum atomic E-state index is 13.8. The molecule has 0 N–H and O–H groups in total. The number of nitrogens with zero attached hydrogens (tertiary/aromatic N) is 6. The molecule has 1 aliphatic rings. The van der Waals surface area contributed by atoms with E-state index < -0.39 is 35.1 Å². The number of fused-ring (bicyclic) bond motifs is 1. The van der Waals surface area contributed by atoms with Gasteiger partial charge in [0.2, 0.25) is 0 Å². The topological polar surface area (TPSA) is 138 Å². The van der Waals surface area contributed by atoms with Crippen LogP contribution >= 0.6 is 11.3 Å². The fourth-order valence-electron chi connectivity index (χ4n) is 5.69. The first-order valence-electron chi connectivity index (χ1n) is 17.4. The molecule has 4 heterocycles. The summed E-state index contributed by atoms with van der Waals surface area (Å²) in [6.45, 7) is 17.4. The van der Waals surface area contributed by atoms with Crippen LogP contribution in [0.3, 0.4) is 0 Å². The summed E-state index contributed by atoms with van der Waals surface area (Å²) >= 11 is 1.55. The third-order valence-corrected chi connectivity index (χ3v) is 9.20. The van der Waals surface area contributed by atoms with Crippen LogP contribution in [0.2, 0.25) is 0 Å². The average Bonchev–Trinajstić information content (AvgIpc) is 3.65. The summed E-state index contributed by atoms with van der Waals surface area (Å²) in [5.41, 5.74) is 0.663. The summed E-state index contributed by atoms with van der Waals surface area (Å²) in [5, 5.41) is 6.23. The van der Waals surface area contributed by atoms with E-state index in [4.69, 9.17) is 28.9 Å². The molecule has 4 aromatic rings. The minimum atomic E-state index is -0.918. The number of amides is 3. The molecule has 3 aromatic heterocycles. The largest absolute Gasteiger partial charge is 0.444 e. The Bertz CT molecular complexity index is 1920. The molecule has 14 heteroatoms. The fraction of sp³-hybridized carbons (Fsp3) is 0.526. The summed E-state index contributed by atoms with van der Waals surface area (Å²) in [7, 11) is 3.53. The lowest BCUT2D eigenvalue weighted by Crippen LogP contribution is -2.44. The van der Waals surface area contributed by atoms with Crippen LogP contribution in [0.25, 0.3) is 32.5 Å². The molecule has 0 spiro atoms. The van der Waals surface area contributed by atoms with Crippen LogP contribution in [-0.2, 0) is 32.5 Å². The van der Waals surface area contributed by atoms with E-state index >= 15 is 0 Å². The Labute approximate surface area is 309 Å². The van der Waals surface area contributed by atoms with Crippen LogP contribution in [0, 0.1) is 0 Å². The van der Waals surface area contributed by atoms with Crippen LogP contribution in [0.5, 0.6) is 0 Å². The molecule has 0 bridgehead atoms. The zero-order valence-electron chi connectivity index (χ0n) is 32.0. The quantitative estimate of drug-likeness (QED) is 0.177. The standard InChI is InChI=1S/C38H50N6O7S/c1-36(2,3)49-33(45)42(10)22-29-30(23-14-16-48-17-15-23)52-32(41-29)28-20-39-31(27-18-24(12-13-26(27)28)25-19-40-43(11)21-25)44(34(46)50-37(4,5)6)35(47)51-38(7,8)9/h12-13,18-21,23H,14-17,22H2,1-11H3. The second-order valence-corrected chi connectivity index (χ2v) is 17.0. The van der Waals surface area contributed by atoms with Crippen molar-refractivity contribution in [2.45, 2.75) is 104 Å². The first-order valence-corrected chi connectivity index (χ1v) is 18.2. The Hall–Kier alpha value is -4.56. The van der Waals surface area contributed by atoms with Crippen molar-refractivity contribution < 1.29 is 33.3 Å². The van der Waals surface area contributed by atoms with Gasteiger partial charge >= 0.3 is 18.3 Å². The molecule has 0 radical (unpaired) electrons. The maximum Gasteiger partial charge on any atom is 0.425 e. The zero-order chi connectivity index (χ0) is 38.2. The van der Waals surface area contributed by atoms with Crippen molar-refractivity contribution in [3.05, 3.63) is 47.4 Å². The van der Waals surface area contributed by atoms with Crippen molar-refractivity contribution in [1.82, 2.24) is 24.6 Å². The third kappa shape index (κ3) is 9.45. The molecule has 0 unspecified atom stereocenters. The highest BCUT2D eigenvalue weighted by Crippen LogP contribution is 2.42. The Balaban J connectivity index is 1.69. The van der Waals surface area contributed by atoms with Crippen molar-refractivity contribution in [2.75, 3.05) is 25.2 Å². The molecule has 0 aliphatic carbocycles. The van der Waals surface area contributed by atoms with Gasteiger partial charge in [-0.05, 0) is 98.1 Å². The molecule has 0 atom stereocenters. The number of ether oxygens (including phenoxy) is 4. The van der Waals surface area contributed by atoms with Gasteiger partial charge in [-0.3, -0.25) is 4.68 Å². The van der Waals surface area contributed by atoms with Crippen molar-refractivity contribution in [2.24, 2.45) is 7.05 Å². The van der Waals surface area contributed by atoms with Gasteiger partial charge in [0, 0.05) is 61.1 Å². The van der Waals surface area contributed by atoms with Crippen LogP contribution in [0.1, 0.15) is 91.6 Å². The lowest BCUT2D eigenvalue weighted by atomic mass is 9.97. The van der Waals surface area contributed by atoms with E-state index in [1.807, 2.05) is 52.2 Å². The van der Waals surface area contributed by atoms with Gasteiger partial charge in [-0.25, -0.2) is 24.4 Å². The second-order valence-electron chi connectivity index (χ2n) is 16.0. The van der Waals surface area contributed by atoms with E-state index in [-0.39, 0.29) is 18.3 Å². The second kappa shape index (κ2) is 14.8. The highest BCUT2D eigenvalue weighted by molar-refractivity contribution is 7.15. The van der Waals surface area contributed by atoms with E-state index in [9.17, 15) is 14.4 Å². The summed E-state index contributed by atoms with van der Waals surface area (Å²) in [5.74, 6) is 0.256. The Morgan fingerprint density at radius 3 is 2.02 bits per heavy atom. The van der Waals surface area contributed by atoms with E-state index in [1.54, 1.807) is 77.0 Å². The molecular weight excluding hydrogens is 685 g/mol. The molecule has 1 saturated heterocycles. The number of rotatable bonds is 6. The lowest BCUT2D eigenvalue weighted by Gasteiger charge is -2.28. The van der Waals surface area contributed by atoms with Gasteiger partial charge in [0.05, 0.1) is 18.4 Å². The number of pyridine rings is 1. The molecule has 1 fully saturated rings. The van der Waals surface area contributed by atoms with Crippen molar-refractivity contribution >= 4 is 46.2 Å². The van der Waals surface area contributed by atoms with Gasteiger partial charge < -0.3 is 23.8 Å². The normalized spacial score (nSPS) is 14.3. The molecule has 280 valence electrons. The number of thiazole rings is 1. The van der Waals surface area contributed by atoms with Crippen molar-refractivity contribution in [1.29, 1.82) is 0 Å². The summed E-state index contributed by atoms with van der Waals surface area (Å²) in [6, 6.07) is 5.77. The molecule has 3 amide bonds. The molecule has 52 heavy (non-hydrogen) atoms. The summed E-state index contributed by atoms with van der Waals surface area (Å²) < 4.78 is 24.4. The number of aryl methyl sites for hydroxylation is 1. The van der Waals surface area contributed by atoms with E-state index in [0.717, 1.165) is 39.4 Å². The van der Waals surface area contributed by atoms with E-state index in [1.165, 1.54) is 4.90 Å². The predicted octanol–water partition coefficient (Wildman–Crippen LogP) is 8.70. The van der Waals surface area contributed by atoms with E-state index in [0.29, 0.717) is 34.6 Å². The highest BCUT2D eigenvalue weighted by Gasteiger charge is 2.36. The number of hydrogen-bond acceptors (Lipinski definition) is 11. The molecule has 5 rings (SSSR count).